The molecule has 2 aromatic carbocycles. The Bertz CT molecular complexity index is 849. The zero-order valence-electron chi connectivity index (χ0n) is 12.7. The first-order chi connectivity index (χ1) is 11.5. The molecular formula is C17H15NO6. The van der Waals surface area contributed by atoms with Crippen LogP contribution in [-0.4, -0.2) is 40.5 Å². The van der Waals surface area contributed by atoms with E-state index in [-0.39, 0.29) is 11.5 Å². The Kier molecular flexibility index (Phi) is 2.99. The van der Waals surface area contributed by atoms with E-state index in [0.717, 1.165) is 5.56 Å². The second-order valence-electron chi connectivity index (χ2n) is 5.83. The summed E-state index contributed by atoms with van der Waals surface area (Å²) < 4.78 is 11.2. The lowest BCUT2D eigenvalue weighted by Gasteiger charge is -2.34. The number of phenols is 2. The molecule has 4 N–H and O–H groups in total. The number of aliphatic carboxylic acids is 1. The van der Waals surface area contributed by atoms with Crippen LogP contribution in [-0.2, 0) is 4.79 Å². The van der Waals surface area contributed by atoms with Crippen LogP contribution in [0, 0.1) is 0 Å². The van der Waals surface area contributed by atoms with Crippen LogP contribution in [0.15, 0.2) is 30.3 Å². The number of hydrogen-bond acceptors (Lipinski definition) is 6. The van der Waals surface area contributed by atoms with Crippen LogP contribution < -0.4 is 14.8 Å². The molecule has 7 heteroatoms. The molecule has 3 atom stereocenters. The van der Waals surface area contributed by atoms with Gasteiger partial charge in [0.25, 0.3) is 0 Å². The minimum absolute atomic E-state index is 0.115. The first kappa shape index (κ1) is 14.5. The maximum absolute atomic E-state index is 11.7. The van der Waals surface area contributed by atoms with Gasteiger partial charge in [-0.1, -0.05) is 12.1 Å². The molecule has 3 unspecified atom stereocenters. The molecule has 0 fully saturated rings. The van der Waals surface area contributed by atoms with Gasteiger partial charge in [0.2, 0.25) is 0 Å². The summed E-state index contributed by atoms with van der Waals surface area (Å²) in [6.07, 6.45) is -0.739. The molecule has 0 aromatic heterocycles. The van der Waals surface area contributed by atoms with E-state index in [1.54, 1.807) is 12.1 Å². The molecule has 2 heterocycles. The minimum Gasteiger partial charge on any atom is -0.508 e. The van der Waals surface area contributed by atoms with Gasteiger partial charge in [-0.15, -0.1) is 0 Å². The summed E-state index contributed by atoms with van der Waals surface area (Å²) in [7, 11) is 1.51. The topological polar surface area (TPSA) is 108 Å². The van der Waals surface area contributed by atoms with Crippen molar-refractivity contribution in [3.63, 3.8) is 0 Å². The van der Waals surface area contributed by atoms with Crippen molar-refractivity contribution in [2.24, 2.45) is 0 Å². The molecule has 0 saturated heterocycles. The van der Waals surface area contributed by atoms with E-state index in [1.807, 2.05) is 6.07 Å². The fraction of sp³-hybridized carbons (Fsp3) is 0.235. The number of carbonyl (C=O) groups is 1. The van der Waals surface area contributed by atoms with Crippen LogP contribution in [0.2, 0.25) is 0 Å². The van der Waals surface area contributed by atoms with Crippen LogP contribution in [0.25, 0.3) is 0 Å². The second kappa shape index (κ2) is 4.95. The highest BCUT2D eigenvalue weighted by molar-refractivity contribution is 5.83. The van der Waals surface area contributed by atoms with E-state index >= 15 is 0 Å². The fourth-order valence-electron chi connectivity index (χ4n) is 3.55. The number of hydrogen-bond donors (Lipinski definition) is 4. The van der Waals surface area contributed by atoms with Crippen molar-refractivity contribution in [2.45, 2.75) is 18.1 Å². The summed E-state index contributed by atoms with van der Waals surface area (Å²) in [6.45, 7) is 0. The Balaban J connectivity index is 1.96. The second-order valence-corrected chi connectivity index (χ2v) is 5.83. The van der Waals surface area contributed by atoms with Crippen molar-refractivity contribution in [1.29, 1.82) is 0 Å². The van der Waals surface area contributed by atoms with Crippen LogP contribution >= 0.6 is 0 Å². The molecule has 0 saturated carbocycles. The number of methoxy groups -OCH3 is 1. The van der Waals surface area contributed by atoms with Crippen molar-refractivity contribution in [3.05, 3.63) is 41.5 Å². The van der Waals surface area contributed by atoms with E-state index in [9.17, 15) is 20.1 Å². The first-order valence-electron chi connectivity index (χ1n) is 7.40. The van der Waals surface area contributed by atoms with Gasteiger partial charge in [-0.05, 0) is 6.07 Å². The number of fused-ring (bicyclic) bond motifs is 5. The lowest BCUT2D eigenvalue weighted by Crippen LogP contribution is -2.48. The van der Waals surface area contributed by atoms with E-state index in [2.05, 4.69) is 5.32 Å². The first-order valence-corrected chi connectivity index (χ1v) is 7.40. The van der Waals surface area contributed by atoms with E-state index in [0.29, 0.717) is 22.7 Å². The Morgan fingerprint density at radius 2 is 2.08 bits per heavy atom. The van der Waals surface area contributed by atoms with Crippen molar-refractivity contribution in [1.82, 2.24) is 0 Å². The number of carboxylic acid groups (broad SMARTS) is 1. The number of anilines is 1. The number of rotatable bonds is 2. The molecule has 0 aliphatic carbocycles. The van der Waals surface area contributed by atoms with Crippen molar-refractivity contribution >= 4 is 11.7 Å². The smallest absolute Gasteiger partial charge is 0.330 e. The number of benzene rings is 2. The van der Waals surface area contributed by atoms with Gasteiger partial charge in [0, 0.05) is 28.9 Å². The van der Waals surface area contributed by atoms with Crippen molar-refractivity contribution in [3.8, 4) is 23.0 Å². The summed E-state index contributed by atoms with van der Waals surface area (Å²) in [4.78, 5) is 11.7. The third-order valence-electron chi connectivity index (χ3n) is 4.51. The molecule has 124 valence electrons. The number of carboxylic acids is 1. The molecule has 2 aliphatic rings. The van der Waals surface area contributed by atoms with Gasteiger partial charge in [-0.2, -0.15) is 0 Å². The normalized spacial score (nSPS) is 23.3. The third kappa shape index (κ3) is 1.87. The highest BCUT2D eigenvalue weighted by Gasteiger charge is 2.49. The number of aromatic hydroxyl groups is 2. The Labute approximate surface area is 137 Å². The molecular weight excluding hydrogens is 314 g/mol. The van der Waals surface area contributed by atoms with E-state index in [1.165, 1.54) is 19.2 Å². The predicted molar refractivity (Wildman–Crippen MR) is 84.1 cm³/mol. The van der Waals surface area contributed by atoms with Gasteiger partial charge in [-0.3, -0.25) is 0 Å². The molecule has 2 aromatic rings. The summed E-state index contributed by atoms with van der Waals surface area (Å²) in [5.41, 5.74) is 1.62. The van der Waals surface area contributed by atoms with Gasteiger partial charge < -0.3 is 30.1 Å². The zero-order chi connectivity index (χ0) is 17.0. The molecule has 0 spiro atoms. The quantitative estimate of drug-likeness (QED) is 0.666. The maximum atomic E-state index is 11.7. The molecule has 0 radical (unpaired) electrons. The van der Waals surface area contributed by atoms with Gasteiger partial charge in [0.1, 0.15) is 17.6 Å². The molecule has 0 bridgehead atoms. The van der Waals surface area contributed by atoms with Gasteiger partial charge in [-0.25, -0.2) is 4.79 Å². The lowest BCUT2D eigenvalue weighted by molar-refractivity contribution is -0.140. The average molecular weight is 329 g/mol. The van der Waals surface area contributed by atoms with E-state index in [4.69, 9.17) is 9.47 Å². The number of para-hydroxylation sites is 1. The summed E-state index contributed by atoms with van der Waals surface area (Å²) >= 11 is 0. The SMILES string of the molecule is COc1cccc2c1OC1C(C(=O)O)Nc3cc(O)cc(O)c3C21. The molecule has 7 nitrogen and oxygen atoms in total. The largest absolute Gasteiger partial charge is 0.508 e. The fourth-order valence-corrected chi connectivity index (χ4v) is 3.55. The predicted octanol–water partition coefficient (Wildman–Crippen LogP) is 1.88. The number of nitrogens with one attached hydrogen (secondary N) is 1. The van der Waals surface area contributed by atoms with Gasteiger partial charge >= 0.3 is 5.97 Å². The lowest BCUT2D eigenvalue weighted by atomic mass is 9.80. The van der Waals surface area contributed by atoms with Crippen LogP contribution in [0.1, 0.15) is 17.0 Å². The van der Waals surface area contributed by atoms with Crippen LogP contribution in [0.3, 0.4) is 0 Å². The van der Waals surface area contributed by atoms with Gasteiger partial charge in [0.05, 0.1) is 13.0 Å². The summed E-state index contributed by atoms with van der Waals surface area (Å²) in [5, 5.41) is 32.4. The summed E-state index contributed by atoms with van der Waals surface area (Å²) in [5.74, 6) is -0.839. The van der Waals surface area contributed by atoms with Crippen LogP contribution in [0.5, 0.6) is 23.0 Å². The van der Waals surface area contributed by atoms with Crippen molar-refractivity contribution in [2.75, 3.05) is 12.4 Å². The molecule has 24 heavy (non-hydrogen) atoms. The Morgan fingerprint density at radius 3 is 2.79 bits per heavy atom. The van der Waals surface area contributed by atoms with E-state index < -0.39 is 24.0 Å². The van der Waals surface area contributed by atoms with Crippen molar-refractivity contribution < 1.29 is 29.6 Å². The maximum Gasteiger partial charge on any atom is 0.330 e. The Morgan fingerprint density at radius 1 is 1.29 bits per heavy atom. The summed E-state index contributed by atoms with van der Waals surface area (Å²) in [6, 6.07) is 6.95. The molecule has 4 rings (SSSR count). The highest BCUT2D eigenvalue weighted by atomic mass is 16.5. The monoisotopic (exact) mass is 329 g/mol. The Hall–Kier alpha value is -3.09. The molecule has 0 amide bonds. The van der Waals surface area contributed by atoms with Crippen LogP contribution in [0.4, 0.5) is 5.69 Å². The number of phenolic OH excluding ortho intramolecular Hbond substituents is 2. The highest BCUT2D eigenvalue weighted by Crippen LogP contribution is 2.54. The third-order valence-corrected chi connectivity index (χ3v) is 4.51. The number of ether oxygens (including phenoxy) is 2. The van der Waals surface area contributed by atoms with Gasteiger partial charge in [0.15, 0.2) is 17.5 Å². The zero-order valence-corrected chi connectivity index (χ0v) is 12.7. The standard InChI is InChI=1S/C17H15NO6/c1-23-11-4-2-3-8-12-13-9(5-7(19)6-10(13)20)18-14(17(21)22)16(12)24-15(8)11/h2-6,12,14,16,18-20H,1H3,(H,21,22). The molecule has 2 aliphatic heterocycles. The minimum atomic E-state index is -1.08. The average Bonchev–Trinajstić information content (AvgIpc) is 2.92.